The van der Waals surface area contributed by atoms with Crippen molar-refractivity contribution in [3.8, 4) is 5.75 Å². The SMILES string of the molecule is Cc1ccc(OCc2cc(C=O)sc2C)cc1. The van der Waals surface area contributed by atoms with E-state index >= 15 is 0 Å². The quantitative estimate of drug-likeness (QED) is 0.768. The molecule has 0 saturated carbocycles. The van der Waals surface area contributed by atoms with Crippen LogP contribution in [0.3, 0.4) is 0 Å². The molecule has 0 fully saturated rings. The van der Waals surface area contributed by atoms with Crippen LogP contribution in [0.5, 0.6) is 5.75 Å². The predicted molar refractivity (Wildman–Crippen MR) is 70.0 cm³/mol. The van der Waals surface area contributed by atoms with Gasteiger partial charge in [0, 0.05) is 10.4 Å². The van der Waals surface area contributed by atoms with Gasteiger partial charge in [-0.05, 0) is 32.0 Å². The maximum absolute atomic E-state index is 10.7. The number of carbonyl (C=O) groups is 1. The van der Waals surface area contributed by atoms with Gasteiger partial charge in [-0.25, -0.2) is 0 Å². The highest BCUT2D eigenvalue weighted by Gasteiger charge is 2.05. The molecule has 0 unspecified atom stereocenters. The molecule has 0 atom stereocenters. The molecule has 0 saturated heterocycles. The van der Waals surface area contributed by atoms with Crippen LogP contribution in [0.25, 0.3) is 0 Å². The van der Waals surface area contributed by atoms with Crippen LogP contribution in [0.4, 0.5) is 0 Å². The number of aryl methyl sites for hydroxylation is 2. The van der Waals surface area contributed by atoms with Gasteiger partial charge in [-0.15, -0.1) is 11.3 Å². The Morgan fingerprint density at radius 2 is 1.94 bits per heavy atom. The zero-order valence-electron chi connectivity index (χ0n) is 9.90. The highest BCUT2D eigenvalue weighted by atomic mass is 32.1. The molecule has 1 aromatic carbocycles. The largest absolute Gasteiger partial charge is 0.489 e. The standard InChI is InChI=1S/C14H14O2S/c1-10-3-5-13(6-4-10)16-9-12-7-14(8-15)17-11(12)2/h3-8H,9H2,1-2H3. The van der Waals surface area contributed by atoms with Crippen molar-refractivity contribution in [3.05, 3.63) is 51.2 Å². The molecular weight excluding hydrogens is 232 g/mol. The minimum Gasteiger partial charge on any atom is -0.489 e. The first-order valence-corrected chi connectivity index (χ1v) is 6.24. The Labute approximate surface area is 105 Å². The van der Waals surface area contributed by atoms with Gasteiger partial charge in [0.15, 0.2) is 6.29 Å². The molecule has 0 amide bonds. The van der Waals surface area contributed by atoms with E-state index in [1.807, 2.05) is 44.2 Å². The zero-order valence-corrected chi connectivity index (χ0v) is 10.7. The number of hydrogen-bond donors (Lipinski definition) is 0. The molecule has 0 N–H and O–H groups in total. The van der Waals surface area contributed by atoms with Gasteiger partial charge in [-0.1, -0.05) is 17.7 Å². The lowest BCUT2D eigenvalue weighted by Gasteiger charge is -2.05. The fourth-order valence-corrected chi connectivity index (χ4v) is 2.39. The Morgan fingerprint density at radius 3 is 2.53 bits per heavy atom. The fraction of sp³-hybridized carbons (Fsp3) is 0.214. The van der Waals surface area contributed by atoms with Crippen LogP contribution < -0.4 is 4.74 Å². The number of hydrogen-bond acceptors (Lipinski definition) is 3. The molecule has 0 aliphatic rings. The fourth-order valence-electron chi connectivity index (χ4n) is 1.54. The van der Waals surface area contributed by atoms with Gasteiger partial charge in [0.1, 0.15) is 12.4 Å². The molecule has 1 heterocycles. The van der Waals surface area contributed by atoms with E-state index in [4.69, 9.17) is 4.74 Å². The summed E-state index contributed by atoms with van der Waals surface area (Å²) in [6.45, 7) is 4.56. The van der Waals surface area contributed by atoms with E-state index in [0.29, 0.717) is 6.61 Å². The van der Waals surface area contributed by atoms with Gasteiger partial charge < -0.3 is 4.74 Å². The topological polar surface area (TPSA) is 26.3 Å². The number of aldehydes is 1. The van der Waals surface area contributed by atoms with Gasteiger partial charge in [-0.3, -0.25) is 4.79 Å². The van der Waals surface area contributed by atoms with Crippen LogP contribution in [-0.4, -0.2) is 6.29 Å². The van der Waals surface area contributed by atoms with Crippen molar-refractivity contribution in [1.82, 2.24) is 0 Å². The van der Waals surface area contributed by atoms with E-state index in [9.17, 15) is 4.79 Å². The van der Waals surface area contributed by atoms with Crippen LogP contribution in [0.15, 0.2) is 30.3 Å². The number of rotatable bonds is 4. The van der Waals surface area contributed by atoms with Crippen molar-refractivity contribution >= 4 is 17.6 Å². The summed E-state index contributed by atoms with van der Waals surface area (Å²) in [7, 11) is 0. The molecule has 0 spiro atoms. The van der Waals surface area contributed by atoms with E-state index in [0.717, 1.165) is 27.4 Å². The lowest BCUT2D eigenvalue weighted by atomic mass is 10.2. The van der Waals surface area contributed by atoms with Crippen LogP contribution >= 0.6 is 11.3 Å². The van der Waals surface area contributed by atoms with Crippen LogP contribution in [0.1, 0.15) is 25.7 Å². The van der Waals surface area contributed by atoms with E-state index in [-0.39, 0.29) is 0 Å². The highest BCUT2D eigenvalue weighted by Crippen LogP contribution is 2.22. The molecular formula is C14H14O2S. The third-order valence-corrected chi connectivity index (χ3v) is 3.59. The van der Waals surface area contributed by atoms with Gasteiger partial charge in [-0.2, -0.15) is 0 Å². The first kappa shape index (κ1) is 11.9. The molecule has 0 aliphatic heterocycles. The molecule has 0 radical (unpaired) electrons. The Kier molecular flexibility index (Phi) is 3.59. The molecule has 17 heavy (non-hydrogen) atoms. The van der Waals surface area contributed by atoms with Crippen molar-refractivity contribution in [2.75, 3.05) is 0 Å². The summed E-state index contributed by atoms with van der Waals surface area (Å²) in [5.74, 6) is 0.855. The van der Waals surface area contributed by atoms with Crippen molar-refractivity contribution in [1.29, 1.82) is 0 Å². The summed E-state index contributed by atoms with van der Waals surface area (Å²) in [5.41, 5.74) is 2.30. The third-order valence-electron chi connectivity index (χ3n) is 2.57. The molecule has 88 valence electrons. The van der Waals surface area contributed by atoms with Gasteiger partial charge >= 0.3 is 0 Å². The molecule has 2 rings (SSSR count). The lowest BCUT2D eigenvalue weighted by molar-refractivity contribution is 0.112. The minimum atomic E-state index is 0.513. The second-order valence-electron chi connectivity index (χ2n) is 3.95. The van der Waals surface area contributed by atoms with Gasteiger partial charge in [0.05, 0.1) is 4.88 Å². The van der Waals surface area contributed by atoms with Crippen molar-refractivity contribution in [2.24, 2.45) is 0 Å². The Morgan fingerprint density at radius 1 is 1.24 bits per heavy atom. The Bertz CT molecular complexity index is 512. The lowest BCUT2D eigenvalue weighted by Crippen LogP contribution is -1.95. The van der Waals surface area contributed by atoms with Crippen LogP contribution in [-0.2, 0) is 6.61 Å². The number of thiophene rings is 1. The monoisotopic (exact) mass is 246 g/mol. The Balaban J connectivity index is 2.04. The van der Waals surface area contributed by atoms with Crippen molar-refractivity contribution in [2.45, 2.75) is 20.5 Å². The molecule has 2 aromatic rings. The normalized spacial score (nSPS) is 10.2. The zero-order chi connectivity index (χ0) is 12.3. The third kappa shape index (κ3) is 2.94. The second kappa shape index (κ2) is 5.15. The smallest absolute Gasteiger partial charge is 0.160 e. The van der Waals surface area contributed by atoms with Crippen molar-refractivity contribution < 1.29 is 9.53 Å². The molecule has 0 aliphatic carbocycles. The number of ether oxygens (including phenoxy) is 1. The molecule has 0 bridgehead atoms. The van der Waals surface area contributed by atoms with E-state index in [1.54, 1.807) is 0 Å². The van der Waals surface area contributed by atoms with E-state index in [1.165, 1.54) is 16.9 Å². The van der Waals surface area contributed by atoms with Gasteiger partial charge in [0.25, 0.3) is 0 Å². The first-order valence-electron chi connectivity index (χ1n) is 5.43. The number of benzene rings is 1. The van der Waals surface area contributed by atoms with Gasteiger partial charge in [0.2, 0.25) is 0 Å². The molecule has 2 nitrogen and oxygen atoms in total. The maximum Gasteiger partial charge on any atom is 0.160 e. The summed E-state index contributed by atoms with van der Waals surface area (Å²) in [6, 6.07) is 9.84. The molecule has 1 aromatic heterocycles. The Hall–Kier alpha value is -1.61. The van der Waals surface area contributed by atoms with Crippen LogP contribution in [0.2, 0.25) is 0 Å². The van der Waals surface area contributed by atoms with Crippen molar-refractivity contribution in [3.63, 3.8) is 0 Å². The summed E-state index contributed by atoms with van der Waals surface area (Å²) >= 11 is 1.50. The second-order valence-corrected chi connectivity index (χ2v) is 5.24. The average Bonchev–Trinajstić information content (AvgIpc) is 2.69. The van der Waals surface area contributed by atoms with E-state index in [2.05, 4.69) is 0 Å². The summed E-state index contributed by atoms with van der Waals surface area (Å²) in [5, 5.41) is 0. The predicted octanol–water partition coefficient (Wildman–Crippen LogP) is 3.76. The summed E-state index contributed by atoms with van der Waals surface area (Å²) < 4.78 is 5.68. The maximum atomic E-state index is 10.7. The average molecular weight is 246 g/mol. The number of carbonyl (C=O) groups excluding carboxylic acids is 1. The summed E-state index contributed by atoms with van der Waals surface area (Å²) in [4.78, 5) is 12.5. The minimum absolute atomic E-state index is 0.513. The van der Waals surface area contributed by atoms with E-state index < -0.39 is 0 Å². The van der Waals surface area contributed by atoms with Crippen LogP contribution in [0, 0.1) is 13.8 Å². The first-order chi connectivity index (χ1) is 8.19. The molecule has 3 heteroatoms. The highest BCUT2D eigenvalue weighted by molar-refractivity contribution is 7.13. The summed E-state index contributed by atoms with van der Waals surface area (Å²) in [6.07, 6.45) is 0.882.